The van der Waals surface area contributed by atoms with E-state index < -0.39 is 23.8 Å². The molecule has 1 fully saturated rings. The van der Waals surface area contributed by atoms with Crippen molar-refractivity contribution in [2.45, 2.75) is 26.8 Å². The summed E-state index contributed by atoms with van der Waals surface area (Å²) in [5, 5.41) is 6.35. The number of rotatable bonds is 3. The molecule has 0 bridgehead atoms. The Bertz CT molecular complexity index is 1060. The zero-order valence-electron chi connectivity index (χ0n) is 15.6. The van der Waals surface area contributed by atoms with E-state index in [1.165, 1.54) is 11.9 Å². The van der Waals surface area contributed by atoms with Crippen LogP contribution in [0.3, 0.4) is 0 Å². The number of fused-ring (bicyclic) bond motifs is 1. The van der Waals surface area contributed by atoms with Crippen LogP contribution in [0, 0.1) is 19.8 Å². The molecule has 2 aromatic carbocycles. The van der Waals surface area contributed by atoms with Gasteiger partial charge in [0.1, 0.15) is 17.7 Å². The molecular formula is C21H18ClN3O3. The van der Waals surface area contributed by atoms with E-state index in [0.29, 0.717) is 22.0 Å². The molecule has 2 aromatic rings. The van der Waals surface area contributed by atoms with Gasteiger partial charge >= 0.3 is 0 Å². The second-order valence-electron chi connectivity index (χ2n) is 6.99. The van der Waals surface area contributed by atoms with Crippen LogP contribution in [0.1, 0.15) is 18.1 Å². The van der Waals surface area contributed by atoms with Crippen LogP contribution in [0.15, 0.2) is 47.6 Å². The van der Waals surface area contributed by atoms with E-state index in [9.17, 15) is 14.4 Å². The van der Waals surface area contributed by atoms with E-state index in [-0.39, 0.29) is 11.5 Å². The number of anilines is 2. The van der Waals surface area contributed by atoms with E-state index in [1.807, 2.05) is 31.2 Å². The molecule has 28 heavy (non-hydrogen) atoms. The molecular weight excluding hydrogens is 378 g/mol. The number of imide groups is 1. The predicted molar refractivity (Wildman–Crippen MR) is 108 cm³/mol. The van der Waals surface area contributed by atoms with Crippen molar-refractivity contribution in [1.82, 2.24) is 0 Å². The average Bonchev–Trinajstić information content (AvgIpc) is 3.16. The number of hydrogen-bond donors (Lipinski definition) is 0. The number of para-hydroxylation sites is 1. The first kappa shape index (κ1) is 18.4. The highest BCUT2D eigenvalue weighted by molar-refractivity contribution is 6.49. The number of hydrazone groups is 1. The third kappa shape index (κ3) is 2.56. The summed E-state index contributed by atoms with van der Waals surface area (Å²) in [7, 11) is 0. The predicted octanol–water partition coefficient (Wildman–Crippen LogP) is 3.28. The number of carbonyl (C=O) groups excluding carboxylic acids is 3. The Morgan fingerprint density at radius 1 is 1.00 bits per heavy atom. The maximum Gasteiger partial charge on any atom is 0.259 e. The van der Waals surface area contributed by atoms with Crippen LogP contribution in [-0.4, -0.2) is 29.4 Å². The highest BCUT2D eigenvalue weighted by Gasteiger charge is 2.58. The second kappa shape index (κ2) is 6.56. The number of nitrogens with zero attached hydrogens (tertiary/aromatic N) is 3. The molecule has 0 spiro atoms. The fraction of sp³-hybridized carbons (Fsp3) is 0.238. The van der Waals surface area contributed by atoms with Gasteiger partial charge in [-0.15, -0.1) is 0 Å². The summed E-state index contributed by atoms with van der Waals surface area (Å²) in [5.41, 5.74) is 2.76. The number of aryl methyl sites for hydroxylation is 1. The lowest BCUT2D eigenvalue weighted by Gasteiger charge is -2.24. The zero-order valence-corrected chi connectivity index (χ0v) is 16.4. The molecule has 142 valence electrons. The minimum absolute atomic E-state index is 0.105. The Hall–Kier alpha value is -2.99. The minimum atomic E-state index is -0.928. The van der Waals surface area contributed by atoms with Crippen molar-refractivity contribution >= 4 is 46.3 Å². The molecule has 0 radical (unpaired) electrons. The summed E-state index contributed by atoms with van der Waals surface area (Å²) in [6, 6.07) is 11.6. The van der Waals surface area contributed by atoms with Crippen LogP contribution in [0.4, 0.5) is 11.4 Å². The van der Waals surface area contributed by atoms with Gasteiger partial charge in [-0.25, -0.2) is 4.90 Å². The lowest BCUT2D eigenvalue weighted by molar-refractivity contribution is -0.122. The number of hydrogen-bond acceptors (Lipinski definition) is 5. The lowest BCUT2D eigenvalue weighted by Crippen LogP contribution is -2.39. The highest BCUT2D eigenvalue weighted by Crippen LogP contribution is 2.40. The van der Waals surface area contributed by atoms with E-state index >= 15 is 0 Å². The maximum atomic E-state index is 13.4. The van der Waals surface area contributed by atoms with Gasteiger partial charge in [-0.1, -0.05) is 35.9 Å². The molecule has 1 saturated heterocycles. The molecule has 0 saturated carbocycles. The Labute approximate surface area is 167 Å². The summed E-state index contributed by atoms with van der Waals surface area (Å²) >= 11 is 6.20. The Balaban J connectivity index is 1.86. The van der Waals surface area contributed by atoms with Gasteiger partial charge in [0.2, 0.25) is 5.91 Å². The molecule has 7 heteroatoms. The van der Waals surface area contributed by atoms with Gasteiger partial charge in [-0.3, -0.25) is 19.4 Å². The van der Waals surface area contributed by atoms with Crippen molar-refractivity contribution in [3.63, 3.8) is 0 Å². The summed E-state index contributed by atoms with van der Waals surface area (Å²) in [6.45, 7) is 5.01. The Morgan fingerprint density at radius 2 is 1.68 bits per heavy atom. The van der Waals surface area contributed by atoms with E-state index in [1.54, 1.807) is 25.1 Å². The number of halogens is 1. The van der Waals surface area contributed by atoms with E-state index in [4.69, 9.17) is 11.6 Å². The third-order valence-electron chi connectivity index (χ3n) is 5.25. The van der Waals surface area contributed by atoms with Gasteiger partial charge in [-0.2, -0.15) is 5.10 Å². The number of benzene rings is 2. The fourth-order valence-corrected chi connectivity index (χ4v) is 3.97. The summed E-state index contributed by atoms with van der Waals surface area (Å²) in [6.07, 6.45) is 0. The summed E-state index contributed by atoms with van der Waals surface area (Å²) < 4.78 is 0. The zero-order chi connectivity index (χ0) is 20.2. The maximum absolute atomic E-state index is 13.4. The first-order valence-corrected chi connectivity index (χ1v) is 9.28. The van der Waals surface area contributed by atoms with Gasteiger partial charge in [0.15, 0.2) is 5.78 Å². The van der Waals surface area contributed by atoms with Crippen LogP contribution in [0.5, 0.6) is 0 Å². The average molecular weight is 396 g/mol. The van der Waals surface area contributed by atoms with Crippen LogP contribution in [0.2, 0.25) is 5.02 Å². The summed E-state index contributed by atoms with van der Waals surface area (Å²) in [4.78, 5) is 39.9. The van der Waals surface area contributed by atoms with Gasteiger partial charge < -0.3 is 0 Å². The SMILES string of the molecule is CC(=O)C1=NN(c2ccccc2C)[C@@H]2C(=O)N(c3cccc(Cl)c3C)C(=O)[C@@H]12. The first-order chi connectivity index (χ1) is 13.3. The van der Waals surface area contributed by atoms with Gasteiger partial charge in [0.25, 0.3) is 5.91 Å². The molecule has 4 rings (SSSR count). The second-order valence-corrected chi connectivity index (χ2v) is 7.40. The quantitative estimate of drug-likeness (QED) is 0.748. The molecule has 6 nitrogen and oxygen atoms in total. The fourth-order valence-electron chi connectivity index (χ4n) is 3.80. The number of ketones is 1. The molecule has 0 aliphatic carbocycles. The monoisotopic (exact) mass is 395 g/mol. The number of Topliss-reactive ketones (excluding diaryl/α,β-unsaturated/α-hetero) is 1. The van der Waals surface area contributed by atoms with Crippen molar-refractivity contribution in [2.24, 2.45) is 11.0 Å². The lowest BCUT2D eigenvalue weighted by atomic mass is 9.95. The molecule has 2 aliphatic heterocycles. The normalized spacial score (nSPS) is 21.2. The van der Waals surface area contributed by atoms with Crippen molar-refractivity contribution in [3.8, 4) is 0 Å². The van der Waals surface area contributed by atoms with Crippen LogP contribution in [0.25, 0.3) is 0 Å². The van der Waals surface area contributed by atoms with Crippen LogP contribution >= 0.6 is 11.6 Å². The van der Waals surface area contributed by atoms with Crippen molar-refractivity contribution in [3.05, 3.63) is 58.6 Å². The van der Waals surface area contributed by atoms with Gasteiger partial charge in [0.05, 0.1) is 11.4 Å². The van der Waals surface area contributed by atoms with Gasteiger partial charge in [0, 0.05) is 11.9 Å². The van der Waals surface area contributed by atoms with E-state index in [2.05, 4.69) is 5.10 Å². The first-order valence-electron chi connectivity index (χ1n) is 8.90. The molecule has 2 aliphatic rings. The highest BCUT2D eigenvalue weighted by atomic mass is 35.5. The molecule has 2 heterocycles. The molecule has 0 aromatic heterocycles. The third-order valence-corrected chi connectivity index (χ3v) is 5.66. The number of carbonyl (C=O) groups is 3. The topological polar surface area (TPSA) is 70.1 Å². The Kier molecular flexibility index (Phi) is 4.31. The Morgan fingerprint density at radius 3 is 2.36 bits per heavy atom. The molecule has 2 atom stereocenters. The number of amides is 2. The smallest absolute Gasteiger partial charge is 0.259 e. The van der Waals surface area contributed by atoms with Crippen molar-refractivity contribution in [1.29, 1.82) is 0 Å². The van der Waals surface area contributed by atoms with Crippen LogP contribution < -0.4 is 9.91 Å². The molecule has 0 unspecified atom stereocenters. The van der Waals surface area contributed by atoms with Crippen LogP contribution in [-0.2, 0) is 14.4 Å². The van der Waals surface area contributed by atoms with Gasteiger partial charge in [-0.05, 0) is 43.2 Å². The van der Waals surface area contributed by atoms with E-state index in [0.717, 1.165) is 10.5 Å². The largest absolute Gasteiger partial charge is 0.293 e. The molecule has 2 amide bonds. The summed E-state index contributed by atoms with van der Waals surface area (Å²) in [5.74, 6) is -2.12. The van der Waals surface area contributed by atoms with Crippen molar-refractivity contribution in [2.75, 3.05) is 9.91 Å². The van der Waals surface area contributed by atoms with Crippen molar-refractivity contribution < 1.29 is 14.4 Å². The minimum Gasteiger partial charge on any atom is -0.293 e. The molecule has 0 N–H and O–H groups in total. The standard InChI is InChI=1S/C21H18ClN3O3/c1-11-7-4-5-9-15(11)25-19-17(18(23-25)13(3)26)20(27)24(21(19)28)16-10-6-8-14(22)12(16)2/h4-10,17,19H,1-3H3/t17-,19-/m0/s1.